The molecule has 0 radical (unpaired) electrons. The first-order valence-corrected chi connectivity index (χ1v) is 9.47. The maximum Gasteiger partial charge on any atom is 0.0800 e. The van der Waals surface area contributed by atoms with Crippen molar-refractivity contribution in [2.75, 3.05) is 14.1 Å². The Morgan fingerprint density at radius 2 is 1.64 bits per heavy atom. The van der Waals surface area contributed by atoms with Gasteiger partial charge in [0.2, 0.25) is 0 Å². The minimum Gasteiger partial charge on any atom is -0.389 e. The van der Waals surface area contributed by atoms with E-state index in [1.807, 2.05) is 40.9 Å². The molecule has 2 rings (SSSR count). The average molecular weight is 350 g/mol. The van der Waals surface area contributed by atoms with Crippen LogP contribution in [-0.4, -0.2) is 46.5 Å². The van der Waals surface area contributed by atoms with Gasteiger partial charge in [0, 0.05) is 6.04 Å². The average Bonchev–Trinajstić information content (AvgIpc) is 2.46. The number of hydrogen-bond donors (Lipinski definition) is 2. The lowest BCUT2D eigenvalue weighted by Gasteiger charge is -2.44. The summed E-state index contributed by atoms with van der Waals surface area (Å²) >= 11 is 0. The summed E-state index contributed by atoms with van der Waals surface area (Å²) in [6, 6.07) is 0.262. The molecule has 2 aliphatic rings. The fraction of sp³-hybridized carbons (Fsp3) is 0.727. The molecule has 1 fully saturated rings. The summed E-state index contributed by atoms with van der Waals surface area (Å²) in [6.07, 6.45) is 8.82. The molecule has 1 saturated carbocycles. The van der Waals surface area contributed by atoms with E-state index in [0.717, 1.165) is 32.1 Å². The fourth-order valence-corrected chi connectivity index (χ4v) is 3.85. The number of nitrogens with zero attached hydrogens (tertiary/aromatic N) is 1. The minimum atomic E-state index is -0.577. The first-order chi connectivity index (χ1) is 11.4. The Labute approximate surface area is 155 Å². The summed E-state index contributed by atoms with van der Waals surface area (Å²) in [4.78, 5) is 2.13. The number of hydrogen-bond acceptors (Lipinski definition) is 3. The smallest absolute Gasteiger partial charge is 0.0800 e. The third kappa shape index (κ3) is 6.73. The summed E-state index contributed by atoms with van der Waals surface area (Å²) in [5.41, 5.74) is 1.34. The second kappa shape index (κ2) is 8.66. The molecule has 0 spiro atoms. The van der Waals surface area contributed by atoms with Crippen molar-refractivity contribution in [3.63, 3.8) is 0 Å². The molecule has 144 valence electrons. The predicted octanol–water partition coefficient (Wildman–Crippen LogP) is 4.32. The Morgan fingerprint density at radius 3 is 2.04 bits per heavy atom. The zero-order valence-electron chi connectivity index (χ0n) is 17.2. The van der Waals surface area contributed by atoms with E-state index < -0.39 is 11.2 Å². The zero-order valence-corrected chi connectivity index (χ0v) is 17.2. The third-order valence-electron chi connectivity index (χ3n) is 5.83. The van der Waals surface area contributed by atoms with Crippen molar-refractivity contribution >= 4 is 0 Å². The van der Waals surface area contributed by atoms with Gasteiger partial charge in [-0.3, -0.25) is 0 Å². The standard InChI is InChI=1S/C12H23NO.C10H16O/c1-9(2)10-6-7-12(3,14)11(8-10)13(4)5;1-8(2)9-4-6-10(3,11)7-5-9/h10-11,14H,1,6-8H2,2-5H3;4,6,9,11H,1,5,7H2,2-3H3/t10-,11+,12+;9-,10+/m01/s1. The largest absolute Gasteiger partial charge is 0.389 e. The summed E-state index contributed by atoms with van der Waals surface area (Å²) in [6.45, 7) is 15.8. The van der Waals surface area contributed by atoms with Gasteiger partial charge in [-0.15, -0.1) is 0 Å². The van der Waals surface area contributed by atoms with Crippen LogP contribution in [0.3, 0.4) is 0 Å². The lowest BCUT2D eigenvalue weighted by atomic mass is 9.73. The Hall–Kier alpha value is -0.900. The van der Waals surface area contributed by atoms with Crippen LogP contribution in [0.4, 0.5) is 0 Å². The number of likely N-dealkylation sites (N-methyl/N-ethyl adjacent to an activating group) is 1. The fourth-order valence-electron chi connectivity index (χ4n) is 3.85. The van der Waals surface area contributed by atoms with Gasteiger partial charge >= 0.3 is 0 Å². The topological polar surface area (TPSA) is 43.7 Å². The van der Waals surface area contributed by atoms with E-state index in [9.17, 15) is 10.2 Å². The molecule has 0 unspecified atom stereocenters. The van der Waals surface area contributed by atoms with E-state index in [1.54, 1.807) is 0 Å². The number of rotatable bonds is 3. The van der Waals surface area contributed by atoms with Gasteiger partial charge in [-0.05, 0) is 85.7 Å². The Kier molecular flexibility index (Phi) is 7.67. The molecule has 25 heavy (non-hydrogen) atoms. The van der Waals surface area contributed by atoms with Gasteiger partial charge in [-0.25, -0.2) is 0 Å². The van der Waals surface area contributed by atoms with Crippen LogP contribution in [0.2, 0.25) is 0 Å². The van der Waals surface area contributed by atoms with E-state index >= 15 is 0 Å². The first-order valence-electron chi connectivity index (χ1n) is 9.47. The van der Waals surface area contributed by atoms with Crippen molar-refractivity contribution in [1.29, 1.82) is 0 Å². The maximum absolute atomic E-state index is 10.2. The second-order valence-corrected chi connectivity index (χ2v) is 8.86. The number of allylic oxidation sites excluding steroid dienone is 3. The predicted molar refractivity (Wildman–Crippen MR) is 108 cm³/mol. The SMILES string of the molecule is C=C(C)[C@@H]1C=C[C@](C)(O)CC1.C=C(C)[C@H]1CC[C@@](C)(O)[C@H](N(C)C)C1. The molecule has 3 nitrogen and oxygen atoms in total. The van der Waals surface area contributed by atoms with Crippen LogP contribution < -0.4 is 0 Å². The molecule has 0 saturated heterocycles. The Morgan fingerprint density at radius 1 is 1.04 bits per heavy atom. The maximum atomic E-state index is 10.2. The molecular weight excluding hydrogens is 310 g/mol. The normalized spacial score (nSPS) is 38.0. The van der Waals surface area contributed by atoms with Crippen molar-refractivity contribution in [3.05, 3.63) is 36.5 Å². The minimum absolute atomic E-state index is 0.262. The van der Waals surface area contributed by atoms with Gasteiger partial charge in [0.1, 0.15) is 0 Å². The molecular formula is C22H39NO2. The van der Waals surface area contributed by atoms with E-state index in [0.29, 0.717) is 11.8 Å². The van der Waals surface area contributed by atoms with Crippen LogP contribution in [0, 0.1) is 11.8 Å². The van der Waals surface area contributed by atoms with Gasteiger partial charge in [-0.1, -0.05) is 36.5 Å². The summed E-state index contributed by atoms with van der Waals surface area (Å²) in [5, 5.41) is 19.8. The van der Waals surface area contributed by atoms with Gasteiger partial charge < -0.3 is 15.1 Å². The van der Waals surface area contributed by atoms with E-state index in [-0.39, 0.29) is 6.04 Å². The molecule has 0 aromatic heterocycles. The Bertz CT molecular complexity index is 502. The number of aliphatic hydroxyl groups is 2. The van der Waals surface area contributed by atoms with Crippen molar-refractivity contribution in [1.82, 2.24) is 4.90 Å². The quantitative estimate of drug-likeness (QED) is 0.746. The lowest BCUT2D eigenvalue weighted by Crippen LogP contribution is -2.52. The van der Waals surface area contributed by atoms with Crippen molar-refractivity contribution in [2.45, 2.75) is 77.0 Å². The van der Waals surface area contributed by atoms with Crippen LogP contribution in [0.15, 0.2) is 36.5 Å². The van der Waals surface area contributed by atoms with Crippen LogP contribution in [0.5, 0.6) is 0 Å². The van der Waals surface area contributed by atoms with Gasteiger partial charge in [-0.2, -0.15) is 0 Å². The molecule has 5 atom stereocenters. The van der Waals surface area contributed by atoms with Crippen LogP contribution in [0.1, 0.15) is 59.8 Å². The monoisotopic (exact) mass is 349 g/mol. The van der Waals surface area contributed by atoms with Crippen LogP contribution in [0.25, 0.3) is 0 Å². The highest BCUT2D eigenvalue weighted by Gasteiger charge is 2.39. The second-order valence-electron chi connectivity index (χ2n) is 8.86. The zero-order chi connectivity index (χ0) is 19.4. The van der Waals surface area contributed by atoms with Crippen LogP contribution in [-0.2, 0) is 0 Å². The van der Waals surface area contributed by atoms with Crippen molar-refractivity contribution < 1.29 is 10.2 Å². The summed E-state index contributed by atoms with van der Waals surface area (Å²) in [5.74, 6) is 1.07. The van der Waals surface area contributed by atoms with E-state index in [2.05, 4.69) is 31.1 Å². The van der Waals surface area contributed by atoms with Crippen molar-refractivity contribution in [3.8, 4) is 0 Å². The third-order valence-corrected chi connectivity index (χ3v) is 5.83. The molecule has 0 amide bonds. The highest BCUT2D eigenvalue weighted by atomic mass is 16.3. The van der Waals surface area contributed by atoms with E-state index in [4.69, 9.17) is 0 Å². The highest BCUT2D eigenvalue weighted by Crippen LogP contribution is 2.37. The molecule has 0 aliphatic heterocycles. The first kappa shape index (κ1) is 22.1. The molecule has 0 aromatic carbocycles. The van der Waals surface area contributed by atoms with Gasteiger partial charge in [0.15, 0.2) is 0 Å². The van der Waals surface area contributed by atoms with Gasteiger partial charge in [0.05, 0.1) is 11.2 Å². The highest BCUT2D eigenvalue weighted by molar-refractivity contribution is 5.14. The van der Waals surface area contributed by atoms with Crippen LogP contribution >= 0.6 is 0 Å². The lowest BCUT2D eigenvalue weighted by molar-refractivity contribution is -0.0548. The molecule has 0 bridgehead atoms. The molecule has 2 N–H and O–H groups in total. The molecule has 3 heteroatoms. The summed E-state index contributed by atoms with van der Waals surface area (Å²) < 4.78 is 0. The molecule has 0 heterocycles. The van der Waals surface area contributed by atoms with E-state index in [1.165, 1.54) is 11.1 Å². The van der Waals surface area contributed by atoms with Crippen molar-refractivity contribution in [2.24, 2.45) is 11.8 Å². The Balaban J connectivity index is 0.000000257. The summed E-state index contributed by atoms with van der Waals surface area (Å²) in [7, 11) is 4.08. The molecule has 0 aromatic rings. The van der Waals surface area contributed by atoms with Gasteiger partial charge in [0.25, 0.3) is 0 Å². The molecule has 2 aliphatic carbocycles.